The van der Waals surface area contributed by atoms with Crippen molar-refractivity contribution in [2.24, 2.45) is 68.2 Å². The fraction of sp³-hybridized carbons (Fsp3) is 0.714. The molecule has 0 aromatic carbocycles. The van der Waals surface area contributed by atoms with E-state index in [2.05, 4.69) is 41.9 Å². The predicted molar refractivity (Wildman–Crippen MR) is 250 cm³/mol. The first kappa shape index (κ1) is 61.9. The normalized spacial score (nSPS) is 17.3. The molecule has 68 heavy (non-hydrogen) atoms. The van der Waals surface area contributed by atoms with E-state index in [9.17, 15) is 63.9 Å². The predicted octanol–water partition coefficient (Wildman–Crippen LogP) is -4.82. The van der Waals surface area contributed by atoms with Crippen LogP contribution in [0, 0.1) is 29.6 Å². The lowest BCUT2D eigenvalue weighted by Gasteiger charge is -2.32. The van der Waals surface area contributed by atoms with Crippen molar-refractivity contribution in [1.29, 1.82) is 0 Å². The standard InChI is InChI=1S/C42H77N13O13/c1-10-25(36(63)55-29(24(9)56)38(65)53-27(40(67)68)14-12-16-49-42(46)47)51-37(64)28(20(5)21(6)33(43)60)54-39(66)32(59)31(58)26(13-11-15-48-41(44)45)52-35(62)23(8)50-34(61)22(7)30(57)19(4)17-18(2)3/h10,18-24,26-32,56-59H,11-17H2,1-9H3,(H2,43,60)(H,50,61)(H,51,64)(H,52,62)(H,53,65)(H,54,66)(H,55,63)(H,67,68)(H4,44,45,48)(H4,46,47,49)/b25-10-/t19-,20+,21-,22-,23-,24-,26+,27-,28?,29?,30-,31-,32-/m1/s1. The van der Waals surface area contributed by atoms with Gasteiger partial charge in [-0.3, -0.25) is 43.5 Å². The van der Waals surface area contributed by atoms with Gasteiger partial charge in [0.25, 0.3) is 11.8 Å². The summed E-state index contributed by atoms with van der Waals surface area (Å²) in [6.45, 7) is 13.8. The first-order valence-corrected chi connectivity index (χ1v) is 22.3. The van der Waals surface area contributed by atoms with Crippen LogP contribution >= 0.6 is 0 Å². The summed E-state index contributed by atoms with van der Waals surface area (Å²) in [5.41, 5.74) is 26.3. The number of carboxylic acids is 1. The van der Waals surface area contributed by atoms with Crippen LogP contribution in [0.3, 0.4) is 0 Å². The molecule has 26 heteroatoms. The molecule has 0 bridgehead atoms. The van der Waals surface area contributed by atoms with Gasteiger partial charge in [0.05, 0.1) is 24.2 Å². The van der Waals surface area contributed by atoms with Gasteiger partial charge >= 0.3 is 5.97 Å². The number of carbonyl (C=O) groups excluding carboxylic acids is 7. The minimum atomic E-state index is -2.38. The maximum Gasteiger partial charge on any atom is 0.326 e. The zero-order valence-corrected chi connectivity index (χ0v) is 40.4. The summed E-state index contributed by atoms with van der Waals surface area (Å²) in [6.07, 6.45) is -5.41. The highest BCUT2D eigenvalue weighted by Gasteiger charge is 2.39. The van der Waals surface area contributed by atoms with Crippen LogP contribution in [0.4, 0.5) is 0 Å². The molecule has 0 aliphatic rings. The quantitative estimate of drug-likeness (QED) is 0.0134. The molecule has 7 amide bonds. The molecule has 0 heterocycles. The summed E-state index contributed by atoms with van der Waals surface area (Å²) in [5.74, 6) is -12.3. The van der Waals surface area contributed by atoms with Gasteiger partial charge in [-0.05, 0) is 70.6 Å². The van der Waals surface area contributed by atoms with E-state index in [1.165, 1.54) is 34.6 Å². The van der Waals surface area contributed by atoms with Crippen LogP contribution in [0.5, 0.6) is 0 Å². The number of nitrogens with one attached hydrogen (secondary N) is 6. The smallest absolute Gasteiger partial charge is 0.326 e. The molecule has 2 unspecified atom stereocenters. The molecule has 0 rings (SSSR count). The van der Waals surface area contributed by atoms with E-state index in [-0.39, 0.29) is 62.5 Å². The Morgan fingerprint density at radius 2 is 1.15 bits per heavy atom. The SMILES string of the molecule is C/C=C(\NC(=O)C(NC(=O)[C@H](O)[C@H](O)[C@H](CCCN=C(N)N)NC(=O)[C@@H](C)NC(=O)[C@H](C)[C@H](O)[C@H](C)CC(C)C)[C@@H](C)[C@@H](C)C(N)=O)C(=O)NC(C(=O)N[C@H](CCCN=C(N)N)C(=O)O)[C@@H](C)O. The summed E-state index contributed by atoms with van der Waals surface area (Å²) in [6, 6.07) is -7.66. The molecule has 0 saturated heterocycles. The Balaban J connectivity index is 6.44. The van der Waals surface area contributed by atoms with Crippen molar-refractivity contribution in [3.8, 4) is 0 Å². The highest BCUT2D eigenvalue weighted by atomic mass is 16.4. The maximum atomic E-state index is 13.9. The number of nitrogens with zero attached hydrogens (tertiary/aromatic N) is 2. The summed E-state index contributed by atoms with van der Waals surface area (Å²) in [7, 11) is 0. The monoisotopic (exact) mass is 972 g/mol. The van der Waals surface area contributed by atoms with Gasteiger partial charge in [-0.15, -0.1) is 0 Å². The van der Waals surface area contributed by atoms with E-state index >= 15 is 0 Å². The number of allylic oxidation sites excluding steroid dienone is 1. The van der Waals surface area contributed by atoms with Crippen LogP contribution in [-0.2, 0) is 38.4 Å². The van der Waals surface area contributed by atoms with Gasteiger partial charge in [-0.1, -0.05) is 47.6 Å². The van der Waals surface area contributed by atoms with Crippen LogP contribution in [0.25, 0.3) is 0 Å². The number of carboxylic acid groups (broad SMARTS) is 1. The number of aliphatic carboxylic acids is 1. The molecule has 21 N–H and O–H groups in total. The lowest BCUT2D eigenvalue weighted by atomic mass is 9.87. The van der Waals surface area contributed by atoms with Crippen molar-refractivity contribution < 1.29 is 63.9 Å². The third kappa shape index (κ3) is 21.7. The van der Waals surface area contributed by atoms with Crippen LogP contribution in [0.15, 0.2) is 21.8 Å². The van der Waals surface area contributed by atoms with E-state index < -0.39 is 125 Å². The number of nitrogens with two attached hydrogens (primary N) is 5. The van der Waals surface area contributed by atoms with Gasteiger partial charge in [0.1, 0.15) is 36.0 Å². The van der Waals surface area contributed by atoms with E-state index in [1.807, 2.05) is 13.8 Å². The van der Waals surface area contributed by atoms with E-state index in [0.717, 1.165) is 13.0 Å². The number of rotatable bonds is 31. The number of carbonyl (C=O) groups is 8. The first-order chi connectivity index (χ1) is 31.5. The van der Waals surface area contributed by atoms with Gasteiger partial charge in [0, 0.05) is 19.0 Å². The number of primary amides is 1. The van der Waals surface area contributed by atoms with E-state index in [4.69, 9.17) is 28.7 Å². The molecular weight excluding hydrogens is 895 g/mol. The van der Waals surface area contributed by atoms with Crippen molar-refractivity contribution in [2.75, 3.05) is 13.1 Å². The summed E-state index contributed by atoms with van der Waals surface area (Å²) in [5, 5.41) is 67.4. The van der Waals surface area contributed by atoms with E-state index in [0.29, 0.717) is 6.42 Å². The highest BCUT2D eigenvalue weighted by molar-refractivity contribution is 6.02. The average molecular weight is 972 g/mol. The Bertz CT molecular complexity index is 1800. The van der Waals surface area contributed by atoms with Gasteiger partial charge in [-0.25, -0.2) is 4.79 Å². The Kier molecular flexibility index (Phi) is 27.6. The fourth-order valence-corrected chi connectivity index (χ4v) is 6.81. The van der Waals surface area contributed by atoms with Gasteiger partial charge in [-0.2, -0.15) is 0 Å². The second-order valence-corrected chi connectivity index (χ2v) is 17.4. The second kappa shape index (κ2) is 30.3. The molecule has 0 fully saturated rings. The third-order valence-electron chi connectivity index (χ3n) is 11.1. The van der Waals surface area contributed by atoms with Crippen molar-refractivity contribution in [2.45, 2.75) is 149 Å². The minimum Gasteiger partial charge on any atom is -0.480 e. The number of guanidine groups is 2. The first-order valence-electron chi connectivity index (χ1n) is 22.3. The van der Waals surface area contributed by atoms with E-state index in [1.54, 1.807) is 6.92 Å². The maximum absolute atomic E-state index is 13.9. The number of aliphatic hydroxyl groups excluding tert-OH is 4. The Labute approximate surface area is 396 Å². The molecule has 0 aromatic rings. The van der Waals surface area contributed by atoms with Crippen LogP contribution in [-0.4, -0.2) is 152 Å². The molecule has 0 aliphatic heterocycles. The number of hydrogen-bond acceptors (Lipinski definition) is 14. The molecule has 0 aliphatic carbocycles. The Morgan fingerprint density at radius 1 is 0.603 bits per heavy atom. The molecule has 13 atom stereocenters. The Hall–Kier alpha value is -6.12. The van der Waals surface area contributed by atoms with Crippen LogP contribution in [0.2, 0.25) is 0 Å². The molecule has 0 spiro atoms. The summed E-state index contributed by atoms with van der Waals surface area (Å²) < 4.78 is 0. The number of hydrogen-bond donors (Lipinski definition) is 16. The van der Waals surface area contributed by atoms with Gasteiger partial charge in [0.15, 0.2) is 18.0 Å². The van der Waals surface area contributed by atoms with Crippen LogP contribution < -0.4 is 60.6 Å². The molecule has 0 radical (unpaired) electrons. The van der Waals surface area contributed by atoms with Crippen molar-refractivity contribution >= 4 is 59.2 Å². The lowest BCUT2D eigenvalue weighted by Crippen LogP contribution is -2.60. The third-order valence-corrected chi connectivity index (χ3v) is 11.1. The summed E-state index contributed by atoms with van der Waals surface area (Å²) >= 11 is 0. The average Bonchev–Trinajstić information content (AvgIpc) is 3.25. The Morgan fingerprint density at radius 3 is 1.62 bits per heavy atom. The number of aliphatic imine (C=N–C) groups is 2. The highest BCUT2D eigenvalue weighted by Crippen LogP contribution is 2.21. The van der Waals surface area contributed by atoms with Crippen molar-refractivity contribution in [1.82, 2.24) is 31.9 Å². The topological polar surface area (TPSA) is 465 Å². The molecule has 388 valence electrons. The zero-order valence-electron chi connectivity index (χ0n) is 40.4. The molecular formula is C42H77N13O13. The second-order valence-electron chi connectivity index (χ2n) is 17.4. The minimum absolute atomic E-state index is 0.00110. The largest absolute Gasteiger partial charge is 0.480 e. The lowest BCUT2D eigenvalue weighted by molar-refractivity contribution is -0.143. The molecule has 0 saturated carbocycles. The van der Waals surface area contributed by atoms with Gasteiger partial charge in [0.2, 0.25) is 29.5 Å². The van der Waals surface area contributed by atoms with Crippen molar-refractivity contribution in [3.63, 3.8) is 0 Å². The van der Waals surface area contributed by atoms with Crippen LogP contribution in [0.1, 0.15) is 94.4 Å². The number of aliphatic hydroxyl groups is 4. The fourth-order valence-electron chi connectivity index (χ4n) is 6.81. The number of amides is 7. The van der Waals surface area contributed by atoms with Gasteiger partial charge < -0.3 is 86.1 Å². The zero-order chi connectivity index (χ0) is 52.7. The molecule has 26 nitrogen and oxygen atoms in total. The van der Waals surface area contributed by atoms with Crippen molar-refractivity contribution in [3.05, 3.63) is 11.8 Å². The summed E-state index contributed by atoms with van der Waals surface area (Å²) in [4.78, 5) is 112. The molecule has 0 aromatic heterocycles.